The number of ether oxygens (including phenoxy) is 3. The van der Waals surface area contributed by atoms with Crippen molar-refractivity contribution in [2.45, 2.75) is 51.2 Å². The van der Waals surface area contributed by atoms with Gasteiger partial charge < -0.3 is 19.5 Å². The molecular formula is C29H30FNO5. The standard InChI is InChI=1S/C29H30FNO5/c1-28(2,3)36-27(33)31-29(26(32)34-4)15-14-20-10-13-25(17-22(20)18-29)35-24-7-5-6-21(16-24)19-8-11-23(30)12-9-19/h5-13,16-17H,14-15,18H2,1-4H3,(H,31,33). The van der Waals surface area contributed by atoms with Crippen molar-refractivity contribution in [3.8, 4) is 22.6 Å². The van der Waals surface area contributed by atoms with Crippen molar-refractivity contribution in [3.63, 3.8) is 0 Å². The van der Waals surface area contributed by atoms with Crippen molar-refractivity contribution in [2.24, 2.45) is 0 Å². The summed E-state index contributed by atoms with van der Waals surface area (Å²) in [6, 6.07) is 19.6. The van der Waals surface area contributed by atoms with Crippen LogP contribution in [0.2, 0.25) is 0 Å². The first kappa shape index (κ1) is 25.2. The molecule has 0 heterocycles. The molecule has 1 N–H and O–H groups in total. The summed E-state index contributed by atoms with van der Waals surface area (Å²) in [5, 5.41) is 2.78. The number of carbonyl (C=O) groups excluding carboxylic acids is 2. The molecule has 1 unspecified atom stereocenters. The van der Waals surface area contributed by atoms with Crippen LogP contribution in [0.4, 0.5) is 9.18 Å². The van der Waals surface area contributed by atoms with E-state index in [0.717, 1.165) is 22.3 Å². The van der Waals surface area contributed by atoms with Crippen LogP contribution < -0.4 is 10.1 Å². The largest absolute Gasteiger partial charge is 0.467 e. The highest BCUT2D eigenvalue weighted by atomic mass is 19.1. The zero-order chi connectivity index (χ0) is 25.9. The molecule has 1 amide bonds. The number of hydrogen-bond donors (Lipinski definition) is 1. The fourth-order valence-electron chi connectivity index (χ4n) is 4.38. The zero-order valence-corrected chi connectivity index (χ0v) is 20.9. The van der Waals surface area contributed by atoms with Crippen LogP contribution in [0.5, 0.6) is 11.5 Å². The predicted octanol–water partition coefficient (Wildman–Crippen LogP) is 6.21. The fraction of sp³-hybridized carbons (Fsp3) is 0.310. The highest BCUT2D eigenvalue weighted by Gasteiger charge is 2.44. The maximum absolute atomic E-state index is 13.3. The van der Waals surface area contributed by atoms with Gasteiger partial charge in [-0.25, -0.2) is 14.0 Å². The molecule has 0 saturated heterocycles. The molecule has 7 heteroatoms. The van der Waals surface area contributed by atoms with E-state index in [1.807, 2.05) is 42.5 Å². The Kier molecular flexibility index (Phi) is 7.02. The maximum atomic E-state index is 13.3. The van der Waals surface area contributed by atoms with Crippen LogP contribution in [-0.2, 0) is 27.1 Å². The molecule has 4 rings (SSSR count). The van der Waals surface area contributed by atoms with Gasteiger partial charge in [0.2, 0.25) is 0 Å². The van der Waals surface area contributed by atoms with Crippen molar-refractivity contribution in [2.75, 3.05) is 7.11 Å². The van der Waals surface area contributed by atoms with Crippen molar-refractivity contribution in [3.05, 3.63) is 83.7 Å². The lowest BCUT2D eigenvalue weighted by Crippen LogP contribution is -2.59. The Balaban J connectivity index is 1.56. The average Bonchev–Trinajstić information content (AvgIpc) is 2.82. The molecule has 0 bridgehead atoms. The quantitative estimate of drug-likeness (QED) is 0.430. The van der Waals surface area contributed by atoms with E-state index >= 15 is 0 Å². The Morgan fingerprint density at radius 3 is 2.33 bits per heavy atom. The van der Waals surface area contributed by atoms with E-state index in [1.54, 1.807) is 32.9 Å². The lowest BCUT2D eigenvalue weighted by atomic mass is 9.78. The van der Waals surface area contributed by atoms with Crippen LogP contribution in [0.25, 0.3) is 11.1 Å². The van der Waals surface area contributed by atoms with E-state index in [9.17, 15) is 14.0 Å². The Bertz CT molecular complexity index is 1270. The maximum Gasteiger partial charge on any atom is 0.408 e. The first-order valence-corrected chi connectivity index (χ1v) is 11.8. The number of nitrogens with one attached hydrogen (secondary N) is 1. The van der Waals surface area contributed by atoms with Crippen molar-refractivity contribution in [1.82, 2.24) is 5.32 Å². The Labute approximate surface area is 210 Å². The van der Waals surface area contributed by atoms with E-state index in [1.165, 1.54) is 19.2 Å². The van der Waals surface area contributed by atoms with Crippen molar-refractivity contribution >= 4 is 12.1 Å². The van der Waals surface area contributed by atoms with Gasteiger partial charge in [0.1, 0.15) is 28.5 Å². The van der Waals surface area contributed by atoms with Crippen LogP contribution >= 0.6 is 0 Å². The van der Waals surface area contributed by atoms with Gasteiger partial charge >= 0.3 is 12.1 Å². The SMILES string of the molecule is COC(=O)C1(NC(=O)OC(C)(C)C)CCc2ccc(Oc3cccc(-c4ccc(F)cc4)c3)cc2C1. The Hall–Kier alpha value is -3.87. The van der Waals surface area contributed by atoms with Crippen LogP contribution in [0.1, 0.15) is 38.3 Å². The van der Waals surface area contributed by atoms with Gasteiger partial charge in [0.05, 0.1) is 7.11 Å². The molecule has 36 heavy (non-hydrogen) atoms. The van der Waals surface area contributed by atoms with Gasteiger partial charge in [-0.15, -0.1) is 0 Å². The molecular weight excluding hydrogens is 461 g/mol. The lowest BCUT2D eigenvalue weighted by Gasteiger charge is -2.36. The van der Waals surface area contributed by atoms with Gasteiger partial charge in [-0.1, -0.05) is 30.3 Å². The van der Waals surface area contributed by atoms with Crippen LogP contribution in [0.15, 0.2) is 66.7 Å². The topological polar surface area (TPSA) is 73.9 Å². The first-order valence-electron chi connectivity index (χ1n) is 11.8. The molecule has 1 aliphatic rings. The minimum absolute atomic E-state index is 0.251. The molecule has 0 fully saturated rings. The molecule has 188 valence electrons. The Morgan fingerprint density at radius 1 is 0.917 bits per heavy atom. The second kappa shape index (κ2) is 10.0. The van der Waals surface area contributed by atoms with Crippen LogP contribution in [0.3, 0.4) is 0 Å². The number of amides is 1. The number of halogens is 1. The minimum atomic E-state index is -1.23. The smallest absolute Gasteiger partial charge is 0.408 e. The second-order valence-corrected chi connectivity index (χ2v) is 9.94. The number of hydrogen-bond acceptors (Lipinski definition) is 5. The van der Waals surface area contributed by atoms with E-state index in [-0.39, 0.29) is 12.2 Å². The number of aryl methyl sites for hydroxylation is 1. The fourth-order valence-corrected chi connectivity index (χ4v) is 4.38. The predicted molar refractivity (Wildman–Crippen MR) is 134 cm³/mol. The van der Waals surface area contributed by atoms with Crippen molar-refractivity contribution in [1.29, 1.82) is 0 Å². The Morgan fingerprint density at radius 2 is 1.64 bits per heavy atom. The van der Waals surface area contributed by atoms with Crippen LogP contribution in [0, 0.1) is 5.82 Å². The number of methoxy groups -OCH3 is 1. The number of benzene rings is 3. The summed E-state index contributed by atoms with van der Waals surface area (Å²) in [6.07, 6.45) is 0.564. The summed E-state index contributed by atoms with van der Waals surface area (Å²) in [5.74, 6) is 0.420. The molecule has 0 spiro atoms. The molecule has 0 radical (unpaired) electrons. The number of alkyl carbamates (subject to hydrolysis) is 1. The lowest BCUT2D eigenvalue weighted by molar-refractivity contribution is -0.149. The number of rotatable bonds is 5. The second-order valence-electron chi connectivity index (χ2n) is 9.94. The summed E-state index contributed by atoms with van der Waals surface area (Å²) in [5.41, 5.74) is 1.81. The zero-order valence-electron chi connectivity index (χ0n) is 20.9. The third-order valence-electron chi connectivity index (χ3n) is 6.05. The molecule has 1 aliphatic carbocycles. The normalized spacial score (nSPS) is 17.0. The van der Waals surface area contributed by atoms with Gasteiger partial charge in [0.25, 0.3) is 0 Å². The molecule has 6 nitrogen and oxygen atoms in total. The van der Waals surface area contributed by atoms with Gasteiger partial charge in [0, 0.05) is 6.42 Å². The number of esters is 1. The molecule has 0 saturated carbocycles. The third-order valence-corrected chi connectivity index (χ3v) is 6.05. The van der Waals surface area contributed by atoms with Gasteiger partial charge in [-0.2, -0.15) is 0 Å². The molecule has 3 aromatic carbocycles. The first-order chi connectivity index (χ1) is 17.1. The van der Waals surface area contributed by atoms with Gasteiger partial charge in [-0.05, 0) is 92.3 Å². The van der Waals surface area contributed by atoms with Gasteiger partial charge in [-0.3, -0.25) is 0 Å². The molecule has 0 aromatic heterocycles. The summed E-state index contributed by atoms with van der Waals surface area (Å²) in [7, 11) is 1.31. The van der Waals surface area contributed by atoms with E-state index in [0.29, 0.717) is 24.3 Å². The van der Waals surface area contributed by atoms with E-state index < -0.39 is 23.2 Å². The third kappa shape index (κ3) is 5.85. The summed E-state index contributed by atoms with van der Waals surface area (Å²) < 4.78 is 29.9. The minimum Gasteiger partial charge on any atom is -0.467 e. The summed E-state index contributed by atoms with van der Waals surface area (Å²) in [6.45, 7) is 5.30. The average molecular weight is 492 g/mol. The molecule has 3 aromatic rings. The number of fused-ring (bicyclic) bond motifs is 1. The highest BCUT2D eigenvalue weighted by molar-refractivity contribution is 5.86. The molecule has 1 atom stereocenters. The van der Waals surface area contributed by atoms with Crippen molar-refractivity contribution < 1.29 is 28.2 Å². The van der Waals surface area contributed by atoms with E-state index in [4.69, 9.17) is 14.2 Å². The molecule has 0 aliphatic heterocycles. The monoisotopic (exact) mass is 491 g/mol. The van der Waals surface area contributed by atoms with Gasteiger partial charge in [0.15, 0.2) is 0 Å². The van der Waals surface area contributed by atoms with Crippen LogP contribution in [-0.4, -0.2) is 30.3 Å². The number of carbonyl (C=O) groups is 2. The highest BCUT2D eigenvalue weighted by Crippen LogP contribution is 2.34. The summed E-state index contributed by atoms with van der Waals surface area (Å²) in [4.78, 5) is 25.4. The summed E-state index contributed by atoms with van der Waals surface area (Å²) >= 11 is 0. The van der Waals surface area contributed by atoms with E-state index in [2.05, 4.69) is 5.32 Å².